The zero-order valence-corrected chi connectivity index (χ0v) is 6.05. The summed E-state index contributed by atoms with van der Waals surface area (Å²) in [6.45, 7) is 6.88. The van der Waals surface area contributed by atoms with E-state index in [1.165, 1.54) is 5.57 Å². The summed E-state index contributed by atoms with van der Waals surface area (Å²) in [5.41, 5.74) is 1.33. The fourth-order valence-electron chi connectivity index (χ4n) is 0.783. The van der Waals surface area contributed by atoms with E-state index in [0.717, 1.165) is 19.7 Å². The molecule has 1 heterocycles. The fraction of sp³-hybridized carbons (Fsp3) is 0.714. The molecule has 0 unspecified atom stereocenters. The van der Waals surface area contributed by atoms with Gasteiger partial charge in [0.15, 0.2) is 0 Å². The second kappa shape index (κ2) is 2.99. The number of hydrogen-bond donors (Lipinski definition) is 0. The van der Waals surface area contributed by atoms with Crippen molar-refractivity contribution in [2.24, 2.45) is 0 Å². The van der Waals surface area contributed by atoms with E-state index in [2.05, 4.69) is 19.9 Å². The van der Waals surface area contributed by atoms with E-state index in [4.69, 9.17) is 4.84 Å². The predicted octanol–water partition coefficient (Wildman–Crippen LogP) is 1.20. The minimum absolute atomic E-state index is 0.772. The Morgan fingerprint density at radius 1 is 1.78 bits per heavy atom. The van der Waals surface area contributed by atoms with Crippen LogP contribution in [-0.2, 0) is 4.84 Å². The first-order valence-electron chi connectivity index (χ1n) is 3.36. The lowest BCUT2D eigenvalue weighted by atomic mass is 10.3. The van der Waals surface area contributed by atoms with Crippen LogP contribution < -0.4 is 0 Å². The molecule has 52 valence electrons. The van der Waals surface area contributed by atoms with Crippen molar-refractivity contribution in [2.45, 2.75) is 13.8 Å². The maximum atomic E-state index is 5.30. The summed E-state index contributed by atoms with van der Waals surface area (Å²) in [6, 6.07) is 0. The van der Waals surface area contributed by atoms with Crippen LogP contribution in [0, 0.1) is 0 Å². The lowest BCUT2D eigenvalue weighted by molar-refractivity contribution is -0.146. The van der Waals surface area contributed by atoms with Gasteiger partial charge in [-0.15, -0.1) is 0 Å². The Morgan fingerprint density at radius 2 is 2.56 bits per heavy atom. The number of hydroxylamine groups is 2. The third-order valence-electron chi connectivity index (χ3n) is 1.47. The van der Waals surface area contributed by atoms with Crippen molar-refractivity contribution in [2.75, 3.05) is 19.7 Å². The molecule has 0 saturated carbocycles. The van der Waals surface area contributed by atoms with Gasteiger partial charge in [-0.25, -0.2) is 0 Å². The Bertz CT molecular complexity index is 120. The summed E-state index contributed by atoms with van der Waals surface area (Å²) in [6.07, 6.45) is 2.20. The molecule has 0 aromatic carbocycles. The predicted molar refractivity (Wildman–Crippen MR) is 37.0 cm³/mol. The molecule has 0 fully saturated rings. The molecule has 1 aliphatic heterocycles. The average molecular weight is 127 g/mol. The van der Waals surface area contributed by atoms with Crippen LogP contribution in [0.1, 0.15) is 13.8 Å². The molecule has 0 radical (unpaired) electrons. The standard InChI is InChI=1S/C7H13NO/c1-3-8-5-4-7(2)6-9-8/h4H,3,5-6H2,1-2H3. The minimum atomic E-state index is 0.772. The van der Waals surface area contributed by atoms with Crippen molar-refractivity contribution in [1.82, 2.24) is 5.06 Å². The molecule has 0 aromatic heterocycles. The molecule has 2 heteroatoms. The van der Waals surface area contributed by atoms with Crippen LogP contribution in [0.4, 0.5) is 0 Å². The quantitative estimate of drug-likeness (QED) is 0.491. The van der Waals surface area contributed by atoms with E-state index in [9.17, 15) is 0 Å². The molecule has 9 heavy (non-hydrogen) atoms. The molecule has 0 aliphatic carbocycles. The van der Waals surface area contributed by atoms with E-state index in [1.807, 2.05) is 5.06 Å². The third kappa shape index (κ3) is 1.80. The number of hydrogen-bond acceptors (Lipinski definition) is 2. The minimum Gasteiger partial charge on any atom is -0.294 e. The van der Waals surface area contributed by atoms with Gasteiger partial charge >= 0.3 is 0 Å². The summed E-state index contributed by atoms with van der Waals surface area (Å²) in [5.74, 6) is 0. The van der Waals surface area contributed by atoms with E-state index < -0.39 is 0 Å². The number of nitrogens with zero attached hydrogens (tertiary/aromatic N) is 1. The van der Waals surface area contributed by atoms with Crippen molar-refractivity contribution in [3.8, 4) is 0 Å². The van der Waals surface area contributed by atoms with E-state index in [-0.39, 0.29) is 0 Å². The van der Waals surface area contributed by atoms with Gasteiger partial charge in [0.25, 0.3) is 0 Å². The molecule has 0 N–H and O–H groups in total. The SMILES string of the molecule is CCN1CC=C(C)CO1. The Labute approximate surface area is 56.1 Å². The molecule has 0 atom stereocenters. The van der Waals surface area contributed by atoms with E-state index >= 15 is 0 Å². The van der Waals surface area contributed by atoms with Crippen LogP contribution in [0.15, 0.2) is 11.6 Å². The summed E-state index contributed by atoms with van der Waals surface area (Å²) < 4.78 is 0. The third-order valence-corrected chi connectivity index (χ3v) is 1.47. The second-order valence-electron chi connectivity index (χ2n) is 2.30. The first kappa shape index (κ1) is 6.78. The Hall–Kier alpha value is -0.340. The average Bonchev–Trinajstić information content (AvgIpc) is 1.90. The van der Waals surface area contributed by atoms with Crippen LogP contribution in [0.25, 0.3) is 0 Å². The Balaban J connectivity index is 2.36. The van der Waals surface area contributed by atoms with Crippen molar-refractivity contribution < 1.29 is 4.84 Å². The van der Waals surface area contributed by atoms with Gasteiger partial charge in [-0.1, -0.05) is 13.0 Å². The van der Waals surface area contributed by atoms with Gasteiger partial charge in [-0.3, -0.25) is 4.84 Å². The van der Waals surface area contributed by atoms with E-state index in [0.29, 0.717) is 0 Å². The Kier molecular flexibility index (Phi) is 2.25. The molecular weight excluding hydrogens is 114 g/mol. The summed E-state index contributed by atoms with van der Waals surface area (Å²) in [7, 11) is 0. The zero-order valence-electron chi connectivity index (χ0n) is 6.05. The molecule has 1 aliphatic rings. The van der Waals surface area contributed by atoms with Crippen LogP contribution in [0.2, 0.25) is 0 Å². The monoisotopic (exact) mass is 127 g/mol. The zero-order chi connectivity index (χ0) is 6.69. The largest absolute Gasteiger partial charge is 0.294 e. The first-order valence-corrected chi connectivity index (χ1v) is 3.36. The molecule has 0 spiro atoms. The van der Waals surface area contributed by atoms with Crippen LogP contribution in [0.5, 0.6) is 0 Å². The maximum absolute atomic E-state index is 5.30. The van der Waals surface area contributed by atoms with Gasteiger partial charge in [0.05, 0.1) is 6.61 Å². The van der Waals surface area contributed by atoms with Crippen LogP contribution in [-0.4, -0.2) is 24.8 Å². The number of rotatable bonds is 1. The van der Waals surface area contributed by atoms with Gasteiger partial charge in [0.2, 0.25) is 0 Å². The normalized spacial score (nSPS) is 21.8. The number of likely N-dealkylation sites (N-methyl/N-ethyl adjacent to an activating group) is 1. The highest BCUT2D eigenvalue weighted by molar-refractivity contribution is 5.01. The molecule has 1 rings (SSSR count). The second-order valence-corrected chi connectivity index (χ2v) is 2.30. The summed E-state index contributed by atoms with van der Waals surface area (Å²) in [5, 5.41) is 1.95. The molecule has 0 aromatic rings. The smallest absolute Gasteiger partial charge is 0.0893 e. The van der Waals surface area contributed by atoms with Gasteiger partial charge in [-0.05, 0) is 12.5 Å². The topological polar surface area (TPSA) is 12.5 Å². The highest BCUT2D eigenvalue weighted by Crippen LogP contribution is 2.04. The summed E-state index contributed by atoms with van der Waals surface area (Å²) >= 11 is 0. The molecule has 2 nitrogen and oxygen atoms in total. The fourth-order valence-corrected chi connectivity index (χ4v) is 0.783. The van der Waals surface area contributed by atoms with Crippen molar-refractivity contribution in [3.63, 3.8) is 0 Å². The van der Waals surface area contributed by atoms with Gasteiger partial charge < -0.3 is 0 Å². The Morgan fingerprint density at radius 3 is 3.00 bits per heavy atom. The lowest BCUT2D eigenvalue weighted by Gasteiger charge is -2.22. The van der Waals surface area contributed by atoms with E-state index in [1.54, 1.807) is 0 Å². The van der Waals surface area contributed by atoms with Crippen molar-refractivity contribution >= 4 is 0 Å². The van der Waals surface area contributed by atoms with Crippen LogP contribution >= 0.6 is 0 Å². The molecular formula is C7H13NO. The molecule has 0 bridgehead atoms. The highest BCUT2D eigenvalue weighted by Gasteiger charge is 2.05. The van der Waals surface area contributed by atoms with Crippen LogP contribution in [0.3, 0.4) is 0 Å². The van der Waals surface area contributed by atoms with Gasteiger partial charge in [-0.2, -0.15) is 5.06 Å². The molecule has 0 amide bonds. The molecule has 0 saturated heterocycles. The lowest BCUT2D eigenvalue weighted by Crippen LogP contribution is -2.28. The summed E-state index contributed by atoms with van der Waals surface area (Å²) in [4.78, 5) is 5.30. The first-order chi connectivity index (χ1) is 4.33. The van der Waals surface area contributed by atoms with Gasteiger partial charge in [0, 0.05) is 13.1 Å². The van der Waals surface area contributed by atoms with Crippen molar-refractivity contribution in [3.05, 3.63) is 11.6 Å². The van der Waals surface area contributed by atoms with Gasteiger partial charge in [0.1, 0.15) is 0 Å². The van der Waals surface area contributed by atoms with Crippen molar-refractivity contribution in [1.29, 1.82) is 0 Å². The maximum Gasteiger partial charge on any atom is 0.0893 e. The highest BCUT2D eigenvalue weighted by atomic mass is 16.7.